The minimum atomic E-state index is -0.867. The Labute approximate surface area is 109 Å². The Kier molecular flexibility index (Phi) is 3.74. The van der Waals surface area contributed by atoms with Crippen LogP contribution in [0, 0.1) is 6.92 Å². The first-order chi connectivity index (χ1) is 7.50. The van der Waals surface area contributed by atoms with Crippen LogP contribution in [0.15, 0.2) is 29.2 Å². The predicted molar refractivity (Wildman–Crippen MR) is 82.5 cm³/mol. The van der Waals surface area contributed by atoms with E-state index in [0.29, 0.717) is 9.49 Å². The average Bonchev–Trinajstić information content (AvgIpc) is 2.14. The monoisotopic (exact) mass is 252 g/mol. The van der Waals surface area contributed by atoms with Gasteiger partial charge in [0.05, 0.1) is 0 Å². The molecule has 17 heavy (non-hydrogen) atoms. The maximum absolute atomic E-state index is 2.48. The highest BCUT2D eigenvalue weighted by molar-refractivity contribution is 8.35. The molecule has 0 amide bonds. The molecule has 0 heterocycles. The van der Waals surface area contributed by atoms with Gasteiger partial charge in [0.25, 0.3) is 0 Å². The molecule has 0 saturated carbocycles. The summed E-state index contributed by atoms with van der Waals surface area (Å²) in [4.78, 5) is 1.53. The van der Waals surface area contributed by atoms with E-state index in [9.17, 15) is 0 Å². The summed E-state index contributed by atoms with van der Waals surface area (Å²) in [5, 5.41) is 0. The van der Waals surface area contributed by atoms with Crippen LogP contribution in [0.5, 0.6) is 0 Å². The average molecular weight is 252 g/mol. The highest BCUT2D eigenvalue weighted by Crippen LogP contribution is 2.70. The number of benzene rings is 1. The Hall–Kier alpha value is -0.430. The fourth-order valence-corrected chi connectivity index (χ4v) is 6.37. The Bertz CT molecular complexity index is 359. The summed E-state index contributed by atoms with van der Waals surface area (Å²) >= 11 is 0. The van der Waals surface area contributed by atoms with Crippen LogP contribution in [0.2, 0.25) is 0 Å². The van der Waals surface area contributed by atoms with Gasteiger partial charge in [-0.15, -0.1) is 0 Å². The van der Waals surface area contributed by atoms with Crippen LogP contribution in [-0.2, 0) is 0 Å². The van der Waals surface area contributed by atoms with E-state index in [2.05, 4.69) is 79.0 Å². The van der Waals surface area contributed by atoms with Crippen LogP contribution in [0.1, 0.15) is 47.1 Å². The van der Waals surface area contributed by atoms with Crippen molar-refractivity contribution in [1.82, 2.24) is 0 Å². The molecule has 0 aliphatic heterocycles. The first-order valence-corrected chi connectivity index (χ1v) is 8.38. The van der Waals surface area contributed by atoms with Crippen molar-refractivity contribution in [1.29, 1.82) is 0 Å². The van der Waals surface area contributed by atoms with Crippen molar-refractivity contribution in [2.75, 3.05) is 6.26 Å². The number of hydrogen-bond acceptors (Lipinski definition) is 0. The van der Waals surface area contributed by atoms with E-state index in [-0.39, 0.29) is 0 Å². The molecule has 0 atom stereocenters. The molecule has 1 heteroatoms. The van der Waals surface area contributed by atoms with Crippen LogP contribution < -0.4 is 0 Å². The smallest absolute Gasteiger partial charge is 0.00419 e. The number of aryl methyl sites for hydroxylation is 1. The van der Waals surface area contributed by atoms with Crippen molar-refractivity contribution in [3.8, 4) is 0 Å². The van der Waals surface area contributed by atoms with Crippen LogP contribution >= 0.6 is 10.0 Å². The largest absolute Gasteiger partial charge is 0.208 e. The van der Waals surface area contributed by atoms with Gasteiger partial charge in [0.1, 0.15) is 0 Å². The molecule has 0 spiro atoms. The van der Waals surface area contributed by atoms with Crippen molar-refractivity contribution >= 4 is 10.0 Å². The molecule has 0 nitrogen and oxygen atoms in total. The second-order valence-corrected chi connectivity index (χ2v) is 11.7. The zero-order valence-corrected chi connectivity index (χ0v) is 13.5. The first kappa shape index (κ1) is 14.6. The summed E-state index contributed by atoms with van der Waals surface area (Å²) in [7, 11) is -0.867. The summed E-state index contributed by atoms with van der Waals surface area (Å²) in [6.45, 7) is 16.5. The summed E-state index contributed by atoms with van der Waals surface area (Å²) in [6.07, 6.45) is 2.48. The molecular weight excluding hydrogens is 224 g/mol. The fraction of sp³-hybridized carbons (Fsp3) is 0.625. The molecule has 0 saturated heterocycles. The molecule has 0 aliphatic rings. The minimum Gasteiger partial charge on any atom is -0.208 e. The second-order valence-electron chi connectivity index (χ2n) is 6.96. The molecule has 0 fully saturated rings. The summed E-state index contributed by atoms with van der Waals surface area (Å²) in [5.41, 5.74) is 1.35. The van der Waals surface area contributed by atoms with Gasteiger partial charge in [-0.25, -0.2) is 10.0 Å². The third-order valence-electron chi connectivity index (χ3n) is 3.94. The molecule has 1 aromatic carbocycles. The molecule has 1 aromatic rings. The van der Waals surface area contributed by atoms with E-state index in [1.807, 2.05) is 0 Å². The van der Waals surface area contributed by atoms with Crippen LogP contribution in [-0.4, -0.2) is 15.7 Å². The lowest BCUT2D eigenvalue weighted by Crippen LogP contribution is -2.37. The quantitative estimate of drug-likeness (QED) is 0.629. The van der Waals surface area contributed by atoms with Gasteiger partial charge >= 0.3 is 0 Å². The van der Waals surface area contributed by atoms with Crippen LogP contribution in [0.3, 0.4) is 0 Å². The second kappa shape index (κ2) is 4.35. The number of rotatable bonds is 1. The molecule has 0 radical (unpaired) electrons. The maximum Gasteiger partial charge on any atom is -0.00419 e. The molecule has 0 bridgehead atoms. The van der Waals surface area contributed by atoms with Crippen molar-refractivity contribution in [2.24, 2.45) is 0 Å². The van der Waals surface area contributed by atoms with Gasteiger partial charge in [0, 0.05) is 0 Å². The Balaban J connectivity index is 3.41. The van der Waals surface area contributed by atoms with E-state index >= 15 is 0 Å². The van der Waals surface area contributed by atoms with Gasteiger partial charge in [-0.2, -0.15) is 0 Å². The Morgan fingerprint density at radius 2 is 1.12 bits per heavy atom. The molecule has 98 valence electrons. The van der Waals surface area contributed by atoms with Crippen molar-refractivity contribution in [2.45, 2.75) is 62.9 Å². The van der Waals surface area contributed by atoms with Crippen LogP contribution in [0.25, 0.3) is 0 Å². The molecule has 0 aromatic heterocycles. The van der Waals surface area contributed by atoms with E-state index < -0.39 is 10.0 Å². The van der Waals surface area contributed by atoms with Gasteiger partial charge < -0.3 is 0 Å². The maximum atomic E-state index is 2.48. The highest BCUT2D eigenvalue weighted by atomic mass is 32.3. The van der Waals surface area contributed by atoms with E-state index in [1.54, 1.807) is 0 Å². The SMILES string of the molecule is Cc1ccc(S(C)(C(C)(C)C)C(C)(C)C)cc1. The van der Waals surface area contributed by atoms with Crippen molar-refractivity contribution in [3.05, 3.63) is 29.8 Å². The number of hydrogen-bond donors (Lipinski definition) is 0. The standard InChI is InChI=1S/C16H28S/c1-13-9-11-14(12-10-13)17(8,15(2,3)4)16(5,6)7/h9-12H,1-8H3. The lowest BCUT2D eigenvalue weighted by Gasteiger charge is -2.57. The molecule has 0 aliphatic carbocycles. The summed E-state index contributed by atoms with van der Waals surface area (Å²) < 4.78 is 0.640. The summed E-state index contributed by atoms with van der Waals surface area (Å²) in [5.74, 6) is 0. The zero-order chi connectivity index (χ0) is 13.5. The Morgan fingerprint density at radius 1 is 0.765 bits per heavy atom. The van der Waals surface area contributed by atoms with Crippen molar-refractivity contribution < 1.29 is 0 Å². The van der Waals surface area contributed by atoms with E-state index in [0.717, 1.165) is 0 Å². The molecular formula is C16H28S. The molecule has 0 N–H and O–H groups in total. The molecule has 0 unspecified atom stereocenters. The van der Waals surface area contributed by atoms with Crippen molar-refractivity contribution in [3.63, 3.8) is 0 Å². The van der Waals surface area contributed by atoms with E-state index in [1.165, 1.54) is 10.5 Å². The highest BCUT2D eigenvalue weighted by Gasteiger charge is 2.42. The van der Waals surface area contributed by atoms with Gasteiger partial charge in [-0.05, 0) is 39.7 Å². The van der Waals surface area contributed by atoms with Gasteiger partial charge in [-0.3, -0.25) is 0 Å². The first-order valence-electron chi connectivity index (χ1n) is 6.34. The fourth-order valence-electron chi connectivity index (χ4n) is 2.44. The lowest BCUT2D eigenvalue weighted by atomic mass is 10.2. The lowest BCUT2D eigenvalue weighted by molar-refractivity contribution is 0.709. The topological polar surface area (TPSA) is 0 Å². The van der Waals surface area contributed by atoms with Gasteiger partial charge in [0.15, 0.2) is 0 Å². The molecule has 1 rings (SSSR count). The van der Waals surface area contributed by atoms with E-state index in [4.69, 9.17) is 0 Å². The van der Waals surface area contributed by atoms with Gasteiger partial charge in [-0.1, -0.05) is 59.2 Å². The minimum absolute atomic E-state index is 0.320. The third kappa shape index (κ3) is 2.54. The zero-order valence-electron chi connectivity index (χ0n) is 12.7. The third-order valence-corrected chi connectivity index (χ3v) is 10.1. The normalized spacial score (nSPS) is 14.8. The van der Waals surface area contributed by atoms with Gasteiger partial charge in [0.2, 0.25) is 0 Å². The Morgan fingerprint density at radius 3 is 1.41 bits per heavy atom. The van der Waals surface area contributed by atoms with Crippen LogP contribution in [0.4, 0.5) is 0 Å². The predicted octanol–water partition coefficient (Wildman–Crippen LogP) is 5.39. The summed E-state index contributed by atoms with van der Waals surface area (Å²) in [6, 6.07) is 9.17.